The van der Waals surface area contributed by atoms with Gasteiger partial charge in [-0.15, -0.1) is 0 Å². The minimum absolute atomic E-state index is 0.543. The molecule has 0 radical (unpaired) electrons. The number of hydrogen-bond donors (Lipinski definition) is 1. The van der Waals surface area contributed by atoms with Crippen molar-refractivity contribution in [1.82, 2.24) is 9.97 Å². The molecule has 1 aromatic carbocycles. The highest BCUT2D eigenvalue weighted by molar-refractivity contribution is 5.63. The largest absolute Gasteiger partial charge is 0.384 e. The first-order valence-corrected chi connectivity index (χ1v) is 6.67. The lowest BCUT2D eigenvalue weighted by molar-refractivity contribution is 0.635. The maximum absolute atomic E-state index is 5.91. The van der Waals surface area contributed by atoms with Gasteiger partial charge in [-0.05, 0) is 37.3 Å². The number of aryl methyl sites for hydroxylation is 1. The highest BCUT2D eigenvalue weighted by Gasteiger charge is 2.10. The predicted octanol–water partition coefficient (Wildman–Crippen LogP) is 3.54. The second kappa shape index (κ2) is 5.39. The van der Waals surface area contributed by atoms with E-state index in [1.54, 1.807) is 0 Å². The van der Waals surface area contributed by atoms with Gasteiger partial charge in [-0.3, -0.25) is 0 Å². The van der Waals surface area contributed by atoms with Crippen molar-refractivity contribution in [3.8, 4) is 11.4 Å². The summed E-state index contributed by atoms with van der Waals surface area (Å²) < 4.78 is 0. The van der Waals surface area contributed by atoms with Crippen LogP contribution in [0.4, 0.5) is 5.82 Å². The molecule has 0 unspecified atom stereocenters. The molecule has 1 aromatic heterocycles. The van der Waals surface area contributed by atoms with Crippen molar-refractivity contribution in [2.45, 2.75) is 34.1 Å². The van der Waals surface area contributed by atoms with Gasteiger partial charge in [0.1, 0.15) is 5.82 Å². The minimum Gasteiger partial charge on any atom is -0.384 e. The molecule has 0 fully saturated rings. The standard InChI is InChI=1S/C16H21N3/c1-10(2)8-13-9-15(17)19-16(18-13)14-7-5-6-11(3)12(14)4/h5-7,9-10H,8H2,1-4H3,(H2,17,18,19). The van der Waals surface area contributed by atoms with E-state index in [9.17, 15) is 0 Å². The van der Waals surface area contributed by atoms with E-state index >= 15 is 0 Å². The number of benzene rings is 1. The second-order valence-electron chi connectivity index (χ2n) is 5.45. The average molecular weight is 255 g/mol. The van der Waals surface area contributed by atoms with E-state index in [2.05, 4.69) is 49.8 Å². The zero-order valence-corrected chi connectivity index (χ0v) is 12.1. The molecule has 0 saturated carbocycles. The minimum atomic E-state index is 0.543. The van der Waals surface area contributed by atoms with Gasteiger partial charge < -0.3 is 5.73 Å². The van der Waals surface area contributed by atoms with Crippen LogP contribution in [-0.2, 0) is 6.42 Å². The molecule has 1 heterocycles. The van der Waals surface area contributed by atoms with Crippen molar-refractivity contribution >= 4 is 5.82 Å². The molecular weight excluding hydrogens is 234 g/mol. The van der Waals surface area contributed by atoms with Crippen LogP contribution in [0.1, 0.15) is 30.7 Å². The van der Waals surface area contributed by atoms with Crippen LogP contribution in [0.15, 0.2) is 24.3 Å². The smallest absolute Gasteiger partial charge is 0.162 e. The molecule has 0 aliphatic rings. The maximum Gasteiger partial charge on any atom is 0.162 e. The Morgan fingerprint density at radius 3 is 2.58 bits per heavy atom. The molecule has 2 N–H and O–H groups in total. The zero-order valence-electron chi connectivity index (χ0n) is 12.1. The summed E-state index contributed by atoms with van der Waals surface area (Å²) in [5, 5.41) is 0. The molecule has 0 saturated heterocycles. The number of nitrogens with two attached hydrogens (primary N) is 1. The van der Waals surface area contributed by atoms with Gasteiger partial charge in [0.25, 0.3) is 0 Å². The summed E-state index contributed by atoms with van der Waals surface area (Å²) in [6.45, 7) is 8.55. The Kier molecular flexibility index (Phi) is 3.84. The van der Waals surface area contributed by atoms with Crippen LogP contribution in [0.2, 0.25) is 0 Å². The summed E-state index contributed by atoms with van der Waals surface area (Å²) in [7, 11) is 0. The molecular formula is C16H21N3. The summed E-state index contributed by atoms with van der Waals surface area (Å²) in [6, 6.07) is 8.05. The molecule has 2 rings (SSSR count). The third-order valence-electron chi connectivity index (χ3n) is 3.26. The molecule has 3 nitrogen and oxygen atoms in total. The van der Waals surface area contributed by atoms with Gasteiger partial charge >= 0.3 is 0 Å². The number of nitrogens with zero attached hydrogens (tertiary/aromatic N) is 2. The molecule has 0 aliphatic carbocycles. The van der Waals surface area contributed by atoms with E-state index in [-0.39, 0.29) is 0 Å². The van der Waals surface area contributed by atoms with E-state index in [4.69, 9.17) is 5.73 Å². The fraction of sp³-hybridized carbons (Fsp3) is 0.375. The average Bonchev–Trinajstić information content (AvgIpc) is 2.31. The number of anilines is 1. The Balaban J connectivity index is 2.50. The summed E-state index contributed by atoms with van der Waals surface area (Å²) >= 11 is 0. The first-order valence-electron chi connectivity index (χ1n) is 6.67. The van der Waals surface area contributed by atoms with Gasteiger partial charge in [0.15, 0.2) is 5.82 Å². The van der Waals surface area contributed by atoms with E-state index < -0.39 is 0 Å². The van der Waals surface area contributed by atoms with Crippen molar-refractivity contribution < 1.29 is 0 Å². The third-order valence-corrected chi connectivity index (χ3v) is 3.26. The third kappa shape index (κ3) is 3.11. The van der Waals surface area contributed by atoms with E-state index in [0.29, 0.717) is 11.7 Å². The van der Waals surface area contributed by atoms with Crippen LogP contribution < -0.4 is 5.73 Å². The van der Waals surface area contributed by atoms with Gasteiger partial charge in [0.05, 0.1) is 0 Å². The molecule has 0 amide bonds. The lowest BCUT2D eigenvalue weighted by Gasteiger charge is -2.10. The van der Waals surface area contributed by atoms with Gasteiger partial charge in [-0.25, -0.2) is 9.97 Å². The lowest BCUT2D eigenvalue weighted by atomic mass is 10.0. The monoisotopic (exact) mass is 255 g/mol. The van der Waals surface area contributed by atoms with Crippen molar-refractivity contribution in [3.05, 3.63) is 41.1 Å². The summed E-state index contributed by atoms with van der Waals surface area (Å²) in [4.78, 5) is 9.03. The molecule has 0 bridgehead atoms. The van der Waals surface area contributed by atoms with Gasteiger partial charge in [0.2, 0.25) is 0 Å². The van der Waals surface area contributed by atoms with E-state index in [0.717, 1.165) is 23.5 Å². The van der Waals surface area contributed by atoms with Crippen LogP contribution in [-0.4, -0.2) is 9.97 Å². The van der Waals surface area contributed by atoms with Gasteiger partial charge in [-0.1, -0.05) is 32.0 Å². The molecule has 0 spiro atoms. The van der Waals surface area contributed by atoms with Crippen molar-refractivity contribution in [2.24, 2.45) is 5.92 Å². The van der Waals surface area contributed by atoms with Gasteiger partial charge in [0, 0.05) is 17.3 Å². The Morgan fingerprint density at radius 1 is 1.16 bits per heavy atom. The SMILES string of the molecule is Cc1cccc(-c2nc(N)cc(CC(C)C)n2)c1C. The number of nitrogen functional groups attached to an aromatic ring is 1. The fourth-order valence-electron chi connectivity index (χ4n) is 2.16. The van der Waals surface area contributed by atoms with Gasteiger partial charge in [-0.2, -0.15) is 0 Å². The predicted molar refractivity (Wildman–Crippen MR) is 79.9 cm³/mol. The molecule has 0 aliphatic heterocycles. The van der Waals surface area contributed by atoms with Crippen molar-refractivity contribution in [3.63, 3.8) is 0 Å². The number of hydrogen-bond acceptors (Lipinski definition) is 3. The Morgan fingerprint density at radius 2 is 1.89 bits per heavy atom. The summed E-state index contributed by atoms with van der Waals surface area (Å²) in [6.07, 6.45) is 0.921. The Labute approximate surface area is 114 Å². The lowest BCUT2D eigenvalue weighted by Crippen LogP contribution is -2.04. The highest BCUT2D eigenvalue weighted by atomic mass is 14.9. The number of rotatable bonds is 3. The van der Waals surface area contributed by atoms with Crippen LogP contribution in [0, 0.1) is 19.8 Å². The molecule has 3 heteroatoms. The highest BCUT2D eigenvalue weighted by Crippen LogP contribution is 2.23. The molecule has 100 valence electrons. The van der Waals surface area contributed by atoms with E-state index in [1.165, 1.54) is 11.1 Å². The topological polar surface area (TPSA) is 51.8 Å². The fourth-order valence-corrected chi connectivity index (χ4v) is 2.16. The summed E-state index contributed by atoms with van der Waals surface area (Å²) in [5.74, 6) is 1.83. The van der Waals surface area contributed by atoms with Crippen molar-refractivity contribution in [2.75, 3.05) is 5.73 Å². The van der Waals surface area contributed by atoms with Crippen LogP contribution >= 0.6 is 0 Å². The summed E-state index contributed by atoms with van der Waals surface area (Å²) in [5.41, 5.74) is 10.4. The van der Waals surface area contributed by atoms with Crippen LogP contribution in [0.3, 0.4) is 0 Å². The maximum atomic E-state index is 5.91. The van der Waals surface area contributed by atoms with Crippen molar-refractivity contribution in [1.29, 1.82) is 0 Å². The molecule has 2 aromatic rings. The normalized spacial score (nSPS) is 11.0. The molecule has 19 heavy (non-hydrogen) atoms. The van der Waals surface area contributed by atoms with Crippen LogP contribution in [0.25, 0.3) is 11.4 Å². The Bertz CT molecular complexity index is 589. The number of aromatic nitrogens is 2. The second-order valence-corrected chi connectivity index (χ2v) is 5.45. The quantitative estimate of drug-likeness (QED) is 0.912. The first-order chi connectivity index (χ1) is 8.97. The zero-order chi connectivity index (χ0) is 14.0. The van der Waals surface area contributed by atoms with E-state index in [1.807, 2.05) is 12.1 Å². The van der Waals surface area contributed by atoms with Crippen LogP contribution in [0.5, 0.6) is 0 Å². The molecule has 0 atom stereocenters. The first kappa shape index (κ1) is 13.5. The Hall–Kier alpha value is -1.90.